The lowest BCUT2D eigenvalue weighted by molar-refractivity contribution is -0.00263. The first-order valence-corrected chi connectivity index (χ1v) is 9.63. The molecule has 0 spiro atoms. The minimum absolute atomic E-state index is 0.166. The molecule has 1 aliphatic heterocycles. The van der Waals surface area contributed by atoms with E-state index in [1.165, 1.54) is 0 Å². The molecule has 1 rings (SSSR count). The molecule has 1 fully saturated rings. The Balaban J connectivity index is 2.50. The number of alkyl halides is 1. The van der Waals surface area contributed by atoms with Crippen molar-refractivity contribution in [3.63, 3.8) is 0 Å². The Hall–Kier alpha value is 0.580. The Bertz CT molecular complexity index is 405. The summed E-state index contributed by atoms with van der Waals surface area (Å²) in [6, 6.07) is 0. The van der Waals surface area contributed by atoms with Gasteiger partial charge in [-0.1, -0.05) is 60.8 Å². The molecule has 2 N–H and O–H groups in total. The molecule has 0 unspecified atom stereocenters. The molecular formula is C15H21Br3O3. The molecular weight excluding hydrogens is 468 g/mol. The van der Waals surface area contributed by atoms with Gasteiger partial charge in [-0.05, 0) is 29.8 Å². The highest BCUT2D eigenvalue weighted by Crippen LogP contribution is 2.30. The van der Waals surface area contributed by atoms with Crippen molar-refractivity contribution in [3.8, 4) is 0 Å². The first kappa shape index (κ1) is 19.6. The van der Waals surface area contributed by atoms with E-state index in [1.807, 2.05) is 0 Å². The summed E-state index contributed by atoms with van der Waals surface area (Å²) in [5, 5.41) is 20.3. The highest BCUT2D eigenvalue weighted by molar-refractivity contribution is 9.11. The largest absolute Gasteiger partial charge is 0.392 e. The van der Waals surface area contributed by atoms with Crippen LogP contribution in [0.3, 0.4) is 0 Å². The van der Waals surface area contributed by atoms with E-state index in [1.54, 1.807) is 11.1 Å². The molecule has 1 saturated heterocycles. The van der Waals surface area contributed by atoms with Crippen molar-refractivity contribution in [1.29, 1.82) is 0 Å². The van der Waals surface area contributed by atoms with Gasteiger partial charge in [0.15, 0.2) is 0 Å². The van der Waals surface area contributed by atoms with E-state index in [9.17, 15) is 10.2 Å². The Morgan fingerprint density at radius 3 is 2.86 bits per heavy atom. The zero-order valence-electron chi connectivity index (χ0n) is 11.9. The quantitative estimate of drug-likeness (QED) is 0.418. The molecule has 21 heavy (non-hydrogen) atoms. The smallest absolute Gasteiger partial charge is 0.0993 e. The van der Waals surface area contributed by atoms with Crippen molar-refractivity contribution in [2.24, 2.45) is 0 Å². The number of ether oxygens (including phenoxy) is 1. The van der Waals surface area contributed by atoms with Crippen molar-refractivity contribution in [3.05, 3.63) is 27.4 Å². The maximum Gasteiger partial charge on any atom is 0.0993 e. The van der Waals surface area contributed by atoms with Gasteiger partial charge in [-0.25, -0.2) is 0 Å². The summed E-state index contributed by atoms with van der Waals surface area (Å²) in [4.78, 5) is 1.33. The predicted octanol–water partition coefficient (Wildman–Crippen LogP) is 4.16. The third kappa shape index (κ3) is 6.69. The number of aliphatic hydroxyl groups excluding tert-OH is 2. The van der Waals surface area contributed by atoms with E-state index in [0.717, 1.165) is 17.3 Å². The minimum atomic E-state index is -0.583. The van der Waals surface area contributed by atoms with E-state index >= 15 is 0 Å². The molecule has 3 nitrogen and oxygen atoms in total. The van der Waals surface area contributed by atoms with E-state index < -0.39 is 18.3 Å². The maximum absolute atomic E-state index is 10.2. The molecule has 120 valence electrons. The molecule has 5 atom stereocenters. The molecule has 0 bridgehead atoms. The van der Waals surface area contributed by atoms with E-state index in [-0.39, 0.29) is 10.9 Å². The second-order valence-electron chi connectivity index (χ2n) is 4.98. The highest BCUT2D eigenvalue weighted by atomic mass is 79.9. The number of rotatable bonds is 7. The second kappa shape index (κ2) is 10.4. The van der Waals surface area contributed by atoms with Gasteiger partial charge in [-0.3, -0.25) is 0 Å². The summed E-state index contributed by atoms with van der Waals surface area (Å²) in [6.45, 7) is 2.07. The van der Waals surface area contributed by atoms with Crippen LogP contribution in [-0.2, 0) is 4.74 Å². The molecule has 1 heterocycles. The molecule has 0 aromatic carbocycles. The van der Waals surface area contributed by atoms with Crippen LogP contribution in [0, 0.1) is 0 Å². The standard InChI is InChI=1S/C15H21Br3O3/c1-2-10(17)5-3-7-12(19)14(18)15-13(20)9-11(21-15)6-4-8-16/h5-6,8,11-15,19-20H,2-3,7,9H2,1H3/t4?,11-,12-,13-,14-,15+/m0/s1. The molecule has 0 aromatic heterocycles. The second-order valence-corrected chi connectivity index (χ2v) is 7.51. The van der Waals surface area contributed by atoms with Crippen LogP contribution in [0.1, 0.15) is 32.6 Å². The minimum Gasteiger partial charge on any atom is -0.392 e. The first-order chi connectivity index (χ1) is 9.99. The van der Waals surface area contributed by atoms with Gasteiger partial charge in [0.25, 0.3) is 0 Å². The number of aliphatic hydroxyl groups is 2. The number of allylic oxidation sites excluding steroid dienone is 2. The molecule has 6 heteroatoms. The van der Waals surface area contributed by atoms with Gasteiger partial charge in [0.2, 0.25) is 0 Å². The van der Waals surface area contributed by atoms with Gasteiger partial charge in [-0.2, -0.15) is 0 Å². The third-order valence-electron chi connectivity index (χ3n) is 3.38. The van der Waals surface area contributed by atoms with E-state index in [4.69, 9.17) is 4.74 Å². The first-order valence-electron chi connectivity index (χ1n) is 7.01. The fourth-order valence-electron chi connectivity index (χ4n) is 2.19. The van der Waals surface area contributed by atoms with Crippen molar-refractivity contribution >= 4 is 47.8 Å². The molecule has 0 radical (unpaired) electrons. The normalized spacial score (nSPS) is 28.9. The van der Waals surface area contributed by atoms with Crippen LogP contribution in [0.4, 0.5) is 0 Å². The van der Waals surface area contributed by atoms with Crippen LogP contribution in [-0.4, -0.2) is 39.5 Å². The molecule has 1 aliphatic rings. The Kier molecular flexibility index (Phi) is 9.69. The van der Waals surface area contributed by atoms with Gasteiger partial charge in [0.1, 0.15) is 0 Å². The van der Waals surface area contributed by atoms with Crippen molar-refractivity contribution in [2.75, 3.05) is 0 Å². The maximum atomic E-state index is 10.2. The van der Waals surface area contributed by atoms with Crippen LogP contribution < -0.4 is 0 Å². The third-order valence-corrected chi connectivity index (χ3v) is 5.66. The average molecular weight is 489 g/mol. The SMILES string of the molecule is CCC(Br)=CCC[C@H](O)[C@H](Br)[C@@H]1O[C@@H](C=C=CBr)C[C@@H]1O. The molecule has 0 aromatic rings. The molecule has 0 amide bonds. The van der Waals surface area contributed by atoms with Gasteiger partial charge in [0, 0.05) is 11.4 Å². The van der Waals surface area contributed by atoms with Gasteiger partial charge in [0.05, 0.1) is 29.2 Å². The fraction of sp³-hybridized carbons (Fsp3) is 0.667. The van der Waals surface area contributed by atoms with E-state index in [2.05, 4.69) is 66.5 Å². The lowest BCUT2D eigenvalue weighted by Crippen LogP contribution is -2.38. The lowest BCUT2D eigenvalue weighted by atomic mass is 10.0. The summed E-state index contributed by atoms with van der Waals surface area (Å²) in [6.07, 6.45) is 5.01. The summed E-state index contributed by atoms with van der Waals surface area (Å²) >= 11 is 10.1. The zero-order chi connectivity index (χ0) is 15.8. The van der Waals surface area contributed by atoms with Crippen molar-refractivity contribution in [2.45, 2.75) is 61.9 Å². The molecule has 0 aliphatic carbocycles. The Morgan fingerprint density at radius 2 is 2.24 bits per heavy atom. The summed E-state index contributed by atoms with van der Waals surface area (Å²) in [5.41, 5.74) is 2.89. The monoisotopic (exact) mass is 486 g/mol. The number of halogens is 3. The average Bonchev–Trinajstić information content (AvgIpc) is 2.84. The Labute approximate surface area is 151 Å². The summed E-state index contributed by atoms with van der Waals surface area (Å²) < 4.78 is 6.91. The van der Waals surface area contributed by atoms with Crippen molar-refractivity contribution < 1.29 is 14.9 Å². The van der Waals surface area contributed by atoms with Gasteiger partial charge in [-0.15, -0.1) is 5.73 Å². The van der Waals surface area contributed by atoms with E-state index in [0.29, 0.717) is 12.8 Å². The van der Waals surface area contributed by atoms with Crippen LogP contribution >= 0.6 is 47.8 Å². The summed E-state index contributed by atoms with van der Waals surface area (Å²) in [7, 11) is 0. The topological polar surface area (TPSA) is 49.7 Å². The molecule has 0 saturated carbocycles. The predicted molar refractivity (Wildman–Crippen MR) is 96.1 cm³/mol. The number of hydrogen-bond donors (Lipinski definition) is 2. The zero-order valence-corrected chi connectivity index (χ0v) is 16.6. The van der Waals surface area contributed by atoms with Crippen LogP contribution in [0.15, 0.2) is 27.4 Å². The van der Waals surface area contributed by atoms with Crippen molar-refractivity contribution in [1.82, 2.24) is 0 Å². The van der Waals surface area contributed by atoms with Crippen LogP contribution in [0.25, 0.3) is 0 Å². The van der Waals surface area contributed by atoms with Crippen LogP contribution in [0.2, 0.25) is 0 Å². The number of hydrogen-bond acceptors (Lipinski definition) is 3. The fourth-order valence-corrected chi connectivity index (χ4v) is 3.31. The van der Waals surface area contributed by atoms with Crippen LogP contribution in [0.5, 0.6) is 0 Å². The van der Waals surface area contributed by atoms with Gasteiger partial charge >= 0.3 is 0 Å². The van der Waals surface area contributed by atoms with Gasteiger partial charge < -0.3 is 14.9 Å². The highest BCUT2D eigenvalue weighted by Gasteiger charge is 2.39. The summed E-state index contributed by atoms with van der Waals surface area (Å²) in [5.74, 6) is 0. The Morgan fingerprint density at radius 1 is 1.52 bits per heavy atom. The lowest BCUT2D eigenvalue weighted by Gasteiger charge is -2.24.